The van der Waals surface area contributed by atoms with Gasteiger partial charge in [-0.3, -0.25) is 0 Å². The lowest BCUT2D eigenvalue weighted by atomic mass is 10.1. The first-order chi connectivity index (χ1) is 2.81. The van der Waals surface area contributed by atoms with Crippen LogP contribution in [0.5, 0.6) is 0 Å². The molecule has 40 valence electrons. The van der Waals surface area contributed by atoms with Gasteiger partial charge in [-0.1, -0.05) is 33.6 Å². The van der Waals surface area contributed by atoms with Crippen LogP contribution in [0.15, 0.2) is 0 Å². The molecule has 0 aromatic rings. The van der Waals surface area contributed by atoms with Gasteiger partial charge in [0.05, 0.1) is 0 Å². The molecule has 6 heavy (non-hydrogen) atoms. The first-order valence-electron chi connectivity index (χ1n) is 2.81. The van der Waals surface area contributed by atoms with E-state index in [2.05, 4.69) is 20.8 Å². The van der Waals surface area contributed by atoms with Crippen LogP contribution in [0, 0.1) is 5.92 Å². The quantitative estimate of drug-likeness (QED) is 0.488. The van der Waals surface area contributed by atoms with Crippen molar-refractivity contribution in [2.24, 2.45) is 5.92 Å². The Kier molecular flexibility index (Phi) is 3.20. The molecule has 0 bridgehead atoms. The van der Waals surface area contributed by atoms with E-state index in [0.717, 1.165) is 5.92 Å². The average Bonchev–Trinajstić information content (AvgIpc) is 1.65. The number of rotatable bonds is 2. The van der Waals surface area contributed by atoms with Crippen LogP contribution in [-0.2, 0) is 0 Å². The molecule has 0 radical (unpaired) electrons. The fraction of sp³-hybridized carbons (Fsp3) is 1.00. The highest BCUT2D eigenvalue weighted by atomic mass is 13.9. The predicted octanol–water partition coefficient (Wildman–Crippen LogP) is 2.69. The zero-order valence-corrected chi connectivity index (χ0v) is 4.99. The van der Waals surface area contributed by atoms with Crippen molar-refractivity contribution in [3.63, 3.8) is 0 Å². The molecule has 0 fully saturated rings. The fourth-order valence-electron chi connectivity index (χ4n) is 0.289. The van der Waals surface area contributed by atoms with Crippen LogP contribution in [0.4, 0.5) is 0 Å². The van der Waals surface area contributed by atoms with Gasteiger partial charge in [0, 0.05) is 1.43 Å². The second-order valence-electron chi connectivity index (χ2n) is 1.92. The van der Waals surface area contributed by atoms with Crippen LogP contribution in [0.25, 0.3) is 0 Å². The molecule has 0 aromatic carbocycles. The monoisotopic (exact) mass is 89.1 g/mol. The van der Waals surface area contributed by atoms with E-state index < -0.39 is 0 Å². The highest BCUT2D eigenvalue weighted by molar-refractivity contribution is 4.41. The minimum Gasteiger partial charge on any atom is -0.0651 e. The molecule has 0 heterocycles. The maximum atomic E-state index is 2.28. The Hall–Kier alpha value is 0. The van der Waals surface area contributed by atoms with Gasteiger partial charge in [-0.15, -0.1) is 0 Å². The van der Waals surface area contributed by atoms with Gasteiger partial charge in [0.25, 0.3) is 0 Å². The van der Waals surface area contributed by atoms with Crippen LogP contribution < -0.4 is 0 Å². The molecule has 0 N–H and O–H groups in total. The predicted molar refractivity (Wildman–Crippen MR) is 31.9 cm³/mol. The highest BCUT2D eigenvalue weighted by Crippen LogP contribution is 2.02. The molecule has 0 spiro atoms. The minimum absolute atomic E-state index is 0. The maximum Gasteiger partial charge on any atom is 0 e. The van der Waals surface area contributed by atoms with Crippen LogP contribution >= 0.6 is 0 Å². The molecule has 0 saturated carbocycles. The van der Waals surface area contributed by atoms with E-state index in [1.54, 1.807) is 0 Å². The first kappa shape index (κ1) is 6.00. The Morgan fingerprint density at radius 3 is 1.67 bits per heavy atom. The molecule has 0 rings (SSSR count). The highest BCUT2D eigenvalue weighted by Gasteiger charge is 1.88. The van der Waals surface area contributed by atoms with Crippen molar-refractivity contribution in [2.75, 3.05) is 0 Å². The zero-order chi connectivity index (χ0) is 4.99. The van der Waals surface area contributed by atoms with Crippen molar-refractivity contribution in [3.8, 4) is 0 Å². The maximum absolute atomic E-state index is 2.28. The lowest BCUT2D eigenvalue weighted by molar-refractivity contribution is 0.544. The summed E-state index contributed by atoms with van der Waals surface area (Å²) in [6.45, 7) is 6.74. The minimum atomic E-state index is 0. The van der Waals surface area contributed by atoms with Gasteiger partial charge in [0.15, 0.2) is 0 Å². The number of hydrogen-bond donors (Lipinski definition) is 0. The van der Waals surface area contributed by atoms with Crippen LogP contribution in [0.1, 0.15) is 35.0 Å². The molecule has 0 heteroatoms. The molecule has 0 atom stereocenters. The van der Waals surface area contributed by atoms with E-state index in [0.29, 0.717) is 0 Å². The Labute approximate surface area is 42.0 Å². The summed E-state index contributed by atoms with van der Waals surface area (Å²) in [5.74, 6) is 0.935. The van der Waals surface area contributed by atoms with Gasteiger partial charge in [0.1, 0.15) is 0 Å². The molecule has 0 aliphatic carbocycles. The number of hydrogen-bond acceptors (Lipinski definition) is 0. The van der Waals surface area contributed by atoms with Gasteiger partial charge >= 0.3 is 0 Å². The topological polar surface area (TPSA) is 0 Å². The van der Waals surface area contributed by atoms with Gasteiger partial charge < -0.3 is 0 Å². The molecule has 0 saturated heterocycles. The standard InChI is InChI=1S/C6H14.H2/c1-4-6(3)5-2;/h6H,4-5H2,1-3H3;1H/i;1+1. The van der Waals surface area contributed by atoms with Gasteiger partial charge in [-0.25, -0.2) is 0 Å². The Balaban J connectivity index is 0. The molecule has 0 aromatic heterocycles. The molecule has 0 amide bonds. The summed E-state index contributed by atoms with van der Waals surface area (Å²) in [5.41, 5.74) is 0. The van der Waals surface area contributed by atoms with Gasteiger partial charge in [-0.05, 0) is 5.92 Å². The lowest BCUT2D eigenvalue weighted by Crippen LogP contribution is -1.85. The average molecular weight is 89.2 g/mol. The normalized spacial score (nSPS) is 10.0. The van der Waals surface area contributed by atoms with E-state index >= 15 is 0 Å². The van der Waals surface area contributed by atoms with Crippen LogP contribution in [0.2, 0.25) is 0 Å². The summed E-state index contributed by atoms with van der Waals surface area (Å²) >= 11 is 0. The summed E-state index contributed by atoms with van der Waals surface area (Å²) < 4.78 is 0. The Morgan fingerprint density at radius 1 is 1.33 bits per heavy atom. The molecular formula is C6H16. The SMILES string of the molecule is CCC(C)CC.[2HH]. The van der Waals surface area contributed by atoms with E-state index in [1.165, 1.54) is 12.8 Å². The molecule has 0 unspecified atom stereocenters. The Morgan fingerprint density at radius 2 is 1.67 bits per heavy atom. The van der Waals surface area contributed by atoms with Gasteiger partial charge in [0.2, 0.25) is 0 Å². The second kappa shape index (κ2) is 3.20. The van der Waals surface area contributed by atoms with Crippen molar-refractivity contribution in [1.82, 2.24) is 0 Å². The summed E-state index contributed by atoms with van der Waals surface area (Å²) in [5, 5.41) is 0. The van der Waals surface area contributed by atoms with Crippen molar-refractivity contribution >= 4 is 0 Å². The van der Waals surface area contributed by atoms with E-state index in [4.69, 9.17) is 0 Å². The summed E-state index contributed by atoms with van der Waals surface area (Å²) in [4.78, 5) is 0. The molecule has 0 aliphatic rings. The molecule has 0 aliphatic heterocycles. The van der Waals surface area contributed by atoms with Crippen molar-refractivity contribution < 1.29 is 1.43 Å². The van der Waals surface area contributed by atoms with Crippen molar-refractivity contribution in [3.05, 3.63) is 0 Å². The largest absolute Gasteiger partial charge is 0.0651 e. The molecule has 0 nitrogen and oxygen atoms in total. The third-order valence-electron chi connectivity index (χ3n) is 1.39. The summed E-state index contributed by atoms with van der Waals surface area (Å²) in [7, 11) is 0. The Bertz CT molecular complexity index is 23.4. The summed E-state index contributed by atoms with van der Waals surface area (Å²) in [6, 6.07) is 0. The van der Waals surface area contributed by atoms with Crippen LogP contribution in [-0.4, -0.2) is 0 Å². The third-order valence-corrected chi connectivity index (χ3v) is 1.39. The third kappa shape index (κ3) is 2.25. The first-order valence-corrected chi connectivity index (χ1v) is 2.81. The fourth-order valence-corrected chi connectivity index (χ4v) is 0.289. The molecular weight excluding hydrogens is 72.1 g/mol. The van der Waals surface area contributed by atoms with Crippen molar-refractivity contribution in [2.45, 2.75) is 33.6 Å². The van der Waals surface area contributed by atoms with Crippen molar-refractivity contribution in [1.29, 1.82) is 0 Å². The smallest absolute Gasteiger partial charge is 0 e. The lowest BCUT2D eigenvalue weighted by Gasteiger charge is -1.98. The van der Waals surface area contributed by atoms with E-state index in [-0.39, 0.29) is 1.43 Å². The second-order valence-corrected chi connectivity index (χ2v) is 1.92. The summed E-state index contributed by atoms with van der Waals surface area (Å²) in [6.07, 6.45) is 2.66. The zero-order valence-electron chi connectivity index (χ0n) is 4.99. The van der Waals surface area contributed by atoms with E-state index in [9.17, 15) is 0 Å². The van der Waals surface area contributed by atoms with E-state index in [1.807, 2.05) is 0 Å². The van der Waals surface area contributed by atoms with Gasteiger partial charge in [-0.2, -0.15) is 0 Å². The van der Waals surface area contributed by atoms with Crippen LogP contribution in [0.3, 0.4) is 0 Å².